The van der Waals surface area contributed by atoms with Crippen molar-refractivity contribution >= 4 is 45.9 Å². The second-order valence-electron chi connectivity index (χ2n) is 9.90. The molecule has 1 saturated carbocycles. The summed E-state index contributed by atoms with van der Waals surface area (Å²) in [6.07, 6.45) is 5.16. The first-order valence-electron chi connectivity index (χ1n) is 11.1. The van der Waals surface area contributed by atoms with Crippen molar-refractivity contribution in [1.82, 2.24) is 15.3 Å². The Morgan fingerprint density at radius 2 is 1.74 bits per heavy atom. The van der Waals surface area contributed by atoms with Crippen molar-refractivity contribution in [3.8, 4) is 0 Å². The zero-order valence-electron chi connectivity index (χ0n) is 18.8. The SMILES string of the molecule is Cc1cc2[nH]c(Nc3c(Cl)cccc3Cl)nc2cc1CNC1CCC(C(C)(C)C)CC1. The molecule has 4 nitrogen and oxygen atoms in total. The van der Waals surface area contributed by atoms with Crippen LogP contribution in [0.4, 0.5) is 11.6 Å². The van der Waals surface area contributed by atoms with Crippen molar-refractivity contribution in [2.45, 2.75) is 66.0 Å². The van der Waals surface area contributed by atoms with E-state index in [9.17, 15) is 0 Å². The number of aromatic nitrogens is 2. The number of H-pyrrole nitrogens is 1. The molecule has 1 fully saturated rings. The molecule has 3 N–H and O–H groups in total. The summed E-state index contributed by atoms with van der Waals surface area (Å²) in [7, 11) is 0. The third-order valence-electron chi connectivity index (χ3n) is 6.68. The Bertz CT molecular complexity index is 1040. The average Bonchev–Trinajstić information content (AvgIpc) is 3.10. The van der Waals surface area contributed by atoms with Crippen LogP contribution >= 0.6 is 23.2 Å². The molecule has 3 aromatic rings. The highest BCUT2D eigenvalue weighted by Crippen LogP contribution is 2.38. The maximum atomic E-state index is 6.28. The topological polar surface area (TPSA) is 52.7 Å². The minimum absolute atomic E-state index is 0.423. The molecule has 0 saturated heterocycles. The van der Waals surface area contributed by atoms with Gasteiger partial charge in [0, 0.05) is 12.6 Å². The van der Waals surface area contributed by atoms with Gasteiger partial charge in [0.25, 0.3) is 0 Å². The summed E-state index contributed by atoms with van der Waals surface area (Å²) in [4.78, 5) is 8.04. The molecule has 0 atom stereocenters. The quantitative estimate of drug-likeness (QED) is 0.368. The van der Waals surface area contributed by atoms with Gasteiger partial charge in [-0.25, -0.2) is 4.98 Å². The summed E-state index contributed by atoms with van der Waals surface area (Å²) in [5, 5.41) is 8.14. The van der Waals surface area contributed by atoms with E-state index < -0.39 is 0 Å². The van der Waals surface area contributed by atoms with Gasteiger partial charge in [-0.3, -0.25) is 0 Å². The van der Waals surface area contributed by atoms with Crippen LogP contribution < -0.4 is 10.6 Å². The predicted molar refractivity (Wildman–Crippen MR) is 133 cm³/mol. The van der Waals surface area contributed by atoms with Crippen molar-refractivity contribution in [1.29, 1.82) is 0 Å². The number of aromatic amines is 1. The molecule has 1 heterocycles. The number of hydrogen-bond donors (Lipinski definition) is 3. The zero-order valence-corrected chi connectivity index (χ0v) is 20.3. The van der Waals surface area contributed by atoms with E-state index in [1.807, 2.05) is 6.07 Å². The van der Waals surface area contributed by atoms with E-state index in [0.29, 0.717) is 33.1 Å². The van der Waals surface area contributed by atoms with E-state index in [4.69, 9.17) is 28.2 Å². The number of para-hydroxylation sites is 1. The number of halogens is 2. The Morgan fingerprint density at radius 3 is 2.39 bits per heavy atom. The van der Waals surface area contributed by atoms with Crippen LogP contribution in [0.5, 0.6) is 0 Å². The van der Waals surface area contributed by atoms with Crippen molar-refractivity contribution < 1.29 is 0 Å². The first-order chi connectivity index (χ1) is 14.7. The lowest BCUT2D eigenvalue weighted by molar-refractivity contribution is 0.160. The van der Waals surface area contributed by atoms with Crippen LogP contribution in [0.3, 0.4) is 0 Å². The summed E-state index contributed by atoms with van der Waals surface area (Å²) in [5.41, 5.74) is 5.57. The molecule has 0 radical (unpaired) electrons. The van der Waals surface area contributed by atoms with Crippen LogP contribution in [0.2, 0.25) is 10.0 Å². The van der Waals surface area contributed by atoms with E-state index >= 15 is 0 Å². The maximum absolute atomic E-state index is 6.28. The van der Waals surface area contributed by atoms with E-state index in [1.54, 1.807) is 12.1 Å². The lowest BCUT2D eigenvalue weighted by Gasteiger charge is -2.37. The van der Waals surface area contributed by atoms with Gasteiger partial charge in [0.05, 0.1) is 26.8 Å². The molecule has 6 heteroatoms. The van der Waals surface area contributed by atoms with E-state index in [1.165, 1.54) is 36.8 Å². The fraction of sp³-hybridized carbons (Fsp3) is 0.480. The molecular formula is C25H32Cl2N4. The van der Waals surface area contributed by atoms with Gasteiger partial charge in [-0.05, 0) is 79.3 Å². The van der Waals surface area contributed by atoms with Crippen LogP contribution in [0.25, 0.3) is 11.0 Å². The van der Waals surface area contributed by atoms with Gasteiger partial charge in [-0.1, -0.05) is 50.0 Å². The molecule has 0 unspecified atom stereocenters. The Balaban J connectivity index is 1.43. The minimum atomic E-state index is 0.423. The third kappa shape index (κ3) is 5.19. The standard InChI is InChI=1S/C25H32Cl2N4/c1-15-12-21-22(30-24(29-21)31-23-19(26)6-5-7-20(23)27)13-16(15)14-28-18-10-8-17(9-11-18)25(2,3)4/h5-7,12-13,17-18,28H,8-11,14H2,1-4H3,(H2,29,30,31). The fourth-order valence-corrected chi connectivity index (χ4v) is 5.10. The molecule has 0 bridgehead atoms. The molecule has 0 amide bonds. The lowest BCUT2D eigenvalue weighted by Crippen LogP contribution is -2.36. The molecule has 1 aliphatic carbocycles. The van der Waals surface area contributed by atoms with Gasteiger partial charge < -0.3 is 15.6 Å². The summed E-state index contributed by atoms with van der Waals surface area (Å²) in [5.74, 6) is 1.47. The second kappa shape index (κ2) is 9.01. The van der Waals surface area contributed by atoms with Crippen molar-refractivity contribution in [3.05, 3.63) is 51.5 Å². The second-order valence-corrected chi connectivity index (χ2v) is 10.7. The third-order valence-corrected chi connectivity index (χ3v) is 7.31. The maximum Gasteiger partial charge on any atom is 0.205 e. The number of nitrogens with zero attached hydrogens (tertiary/aromatic N) is 1. The van der Waals surface area contributed by atoms with Crippen molar-refractivity contribution in [3.63, 3.8) is 0 Å². The smallest absolute Gasteiger partial charge is 0.205 e. The number of aryl methyl sites for hydroxylation is 1. The van der Waals surface area contributed by atoms with Gasteiger partial charge in [0.15, 0.2) is 0 Å². The number of nitrogens with one attached hydrogen (secondary N) is 3. The molecule has 1 aromatic heterocycles. The van der Waals surface area contributed by atoms with Crippen molar-refractivity contribution in [2.75, 3.05) is 5.32 Å². The average molecular weight is 459 g/mol. The number of benzene rings is 2. The molecule has 0 spiro atoms. The fourth-order valence-electron chi connectivity index (χ4n) is 4.61. The molecule has 0 aliphatic heterocycles. The Hall–Kier alpha value is -1.75. The van der Waals surface area contributed by atoms with E-state index in [0.717, 1.165) is 23.5 Å². The van der Waals surface area contributed by atoms with Gasteiger partial charge in [0.2, 0.25) is 5.95 Å². The normalized spacial score (nSPS) is 19.7. The largest absolute Gasteiger partial charge is 0.324 e. The summed E-state index contributed by atoms with van der Waals surface area (Å²) in [6, 6.07) is 10.4. The van der Waals surface area contributed by atoms with Gasteiger partial charge in [-0.15, -0.1) is 0 Å². The van der Waals surface area contributed by atoms with Crippen LogP contribution in [-0.2, 0) is 6.54 Å². The summed E-state index contributed by atoms with van der Waals surface area (Å²) in [6.45, 7) is 10.1. The highest BCUT2D eigenvalue weighted by molar-refractivity contribution is 6.39. The molecule has 4 rings (SSSR count). The van der Waals surface area contributed by atoms with Crippen LogP contribution in [-0.4, -0.2) is 16.0 Å². The minimum Gasteiger partial charge on any atom is -0.324 e. The van der Waals surface area contributed by atoms with E-state index in [-0.39, 0.29) is 0 Å². The monoisotopic (exact) mass is 458 g/mol. The lowest BCUT2D eigenvalue weighted by atomic mass is 9.71. The molecule has 2 aromatic carbocycles. The summed E-state index contributed by atoms with van der Waals surface area (Å²) >= 11 is 12.6. The number of rotatable bonds is 5. The number of imidazole rings is 1. The molecular weight excluding hydrogens is 427 g/mol. The van der Waals surface area contributed by atoms with Crippen LogP contribution in [0.1, 0.15) is 57.6 Å². The highest BCUT2D eigenvalue weighted by atomic mass is 35.5. The highest BCUT2D eigenvalue weighted by Gasteiger charge is 2.29. The Morgan fingerprint density at radius 1 is 1.06 bits per heavy atom. The van der Waals surface area contributed by atoms with E-state index in [2.05, 4.69) is 55.4 Å². The van der Waals surface area contributed by atoms with Crippen LogP contribution in [0, 0.1) is 18.3 Å². The molecule has 1 aliphatic rings. The summed E-state index contributed by atoms with van der Waals surface area (Å²) < 4.78 is 0. The Kier molecular flexibility index (Phi) is 6.52. The number of anilines is 2. The first kappa shape index (κ1) is 22.4. The predicted octanol–water partition coefficient (Wildman–Crippen LogP) is 7.62. The van der Waals surface area contributed by atoms with Gasteiger partial charge in [-0.2, -0.15) is 0 Å². The molecule has 166 valence electrons. The van der Waals surface area contributed by atoms with Gasteiger partial charge in [0.1, 0.15) is 0 Å². The van der Waals surface area contributed by atoms with Crippen LogP contribution in [0.15, 0.2) is 30.3 Å². The van der Waals surface area contributed by atoms with Crippen molar-refractivity contribution in [2.24, 2.45) is 11.3 Å². The van der Waals surface area contributed by atoms with Gasteiger partial charge >= 0.3 is 0 Å². The number of hydrogen-bond acceptors (Lipinski definition) is 3. The number of fused-ring (bicyclic) bond motifs is 1. The first-order valence-corrected chi connectivity index (χ1v) is 11.9. The Labute approximate surface area is 195 Å². The zero-order chi connectivity index (χ0) is 22.2. The molecule has 31 heavy (non-hydrogen) atoms.